The maximum atomic E-state index is 13.2. The second-order valence-corrected chi connectivity index (χ2v) is 9.43. The molecule has 2 rings (SSSR count). The number of nitro benzene ring substituents is 1. The average molecular weight is 512 g/mol. The monoisotopic (exact) mass is 511 g/mol. The highest BCUT2D eigenvalue weighted by Crippen LogP contribution is 2.27. The van der Waals surface area contributed by atoms with E-state index in [9.17, 15) is 19.7 Å². The number of carbonyl (C=O) groups excluding carboxylic acids is 2. The number of hydrogen-bond acceptors (Lipinski definition) is 5. The SMILES string of the molecule is CC[C@@H](C)NC(=O)[C@H](C)N(Cc1c(Cl)cccc1Cl)C(=O)CSCc1ccc([N+](=O)[O-])cc1. The quantitative estimate of drug-likeness (QED) is 0.319. The second-order valence-electron chi connectivity index (χ2n) is 7.63. The van der Waals surface area contributed by atoms with Crippen LogP contribution in [0, 0.1) is 10.1 Å². The molecule has 7 nitrogen and oxygen atoms in total. The van der Waals surface area contributed by atoms with E-state index < -0.39 is 11.0 Å². The zero-order valence-corrected chi connectivity index (χ0v) is 21.0. The Morgan fingerprint density at radius 3 is 2.27 bits per heavy atom. The van der Waals surface area contributed by atoms with Crippen LogP contribution in [0.1, 0.15) is 38.3 Å². The lowest BCUT2D eigenvalue weighted by Gasteiger charge is -2.30. The molecule has 0 spiro atoms. The van der Waals surface area contributed by atoms with E-state index in [1.54, 1.807) is 37.3 Å². The molecule has 0 unspecified atom stereocenters. The van der Waals surface area contributed by atoms with Crippen molar-refractivity contribution < 1.29 is 14.5 Å². The van der Waals surface area contributed by atoms with Gasteiger partial charge in [-0.1, -0.05) is 48.3 Å². The van der Waals surface area contributed by atoms with Crippen LogP contribution in [0.5, 0.6) is 0 Å². The third-order valence-electron chi connectivity index (χ3n) is 5.20. The van der Waals surface area contributed by atoms with Gasteiger partial charge in [-0.2, -0.15) is 0 Å². The Hall–Kier alpha value is -2.29. The van der Waals surface area contributed by atoms with Gasteiger partial charge in [0.25, 0.3) is 5.69 Å². The second kappa shape index (κ2) is 12.8. The van der Waals surface area contributed by atoms with Gasteiger partial charge in [0.15, 0.2) is 0 Å². The van der Waals surface area contributed by atoms with Gasteiger partial charge in [-0.15, -0.1) is 11.8 Å². The number of non-ortho nitro benzene ring substituents is 1. The van der Waals surface area contributed by atoms with Crippen molar-refractivity contribution in [2.75, 3.05) is 5.75 Å². The topological polar surface area (TPSA) is 92.6 Å². The maximum Gasteiger partial charge on any atom is 0.269 e. The van der Waals surface area contributed by atoms with Gasteiger partial charge in [0.1, 0.15) is 6.04 Å². The number of amides is 2. The first-order chi connectivity index (χ1) is 15.6. The van der Waals surface area contributed by atoms with Crippen LogP contribution in [0.3, 0.4) is 0 Å². The van der Waals surface area contributed by atoms with Crippen LogP contribution in [0.2, 0.25) is 10.0 Å². The van der Waals surface area contributed by atoms with Crippen LogP contribution in [0.4, 0.5) is 5.69 Å². The predicted molar refractivity (Wildman–Crippen MR) is 134 cm³/mol. The summed E-state index contributed by atoms with van der Waals surface area (Å²) in [7, 11) is 0. The van der Waals surface area contributed by atoms with Crippen molar-refractivity contribution in [3.63, 3.8) is 0 Å². The fourth-order valence-corrected chi connectivity index (χ4v) is 4.34. The number of halogens is 2. The Bertz CT molecular complexity index is 968. The van der Waals surface area contributed by atoms with Gasteiger partial charge in [-0.25, -0.2) is 0 Å². The highest BCUT2D eigenvalue weighted by Gasteiger charge is 2.28. The van der Waals surface area contributed by atoms with Gasteiger partial charge in [-0.3, -0.25) is 19.7 Å². The molecular weight excluding hydrogens is 485 g/mol. The zero-order chi connectivity index (χ0) is 24.5. The first kappa shape index (κ1) is 27.0. The van der Waals surface area contributed by atoms with Gasteiger partial charge >= 0.3 is 0 Å². The van der Waals surface area contributed by atoms with E-state index in [1.165, 1.54) is 28.8 Å². The van der Waals surface area contributed by atoms with Crippen molar-refractivity contribution in [3.8, 4) is 0 Å². The van der Waals surface area contributed by atoms with Gasteiger partial charge < -0.3 is 10.2 Å². The van der Waals surface area contributed by atoms with Crippen LogP contribution >= 0.6 is 35.0 Å². The molecular formula is C23H27Cl2N3O4S. The summed E-state index contributed by atoms with van der Waals surface area (Å²) in [6, 6.07) is 10.6. The first-order valence-corrected chi connectivity index (χ1v) is 12.4. The van der Waals surface area contributed by atoms with Gasteiger partial charge in [0, 0.05) is 46.1 Å². The molecule has 0 fully saturated rings. The molecule has 0 radical (unpaired) electrons. The van der Waals surface area contributed by atoms with Crippen molar-refractivity contribution in [3.05, 3.63) is 73.8 Å². The van der Waals surface area contributed by atoms with E-state index in [0.717, 1.165) is 12.0 Å². The molecule has 1 N–H and O–H groups in total. The van der Waals surface area contributed by atoms with Crippen LogP contribution in [0.15, 0.2) is 42.5 Å². The van der Waals surface area contributed by atoms with E-state index in [0.29, 0.717) is 21.4 Å². The predicted octanol–water partition coefficient (Wildman–Crippen LogP) is 5.47. The van der Waals surface area contributed by atoms with E-state index in [4.69, 9.17) is 23.2 Å². The van der Waals surface area contributed by atoms with E-state index >= 15 is 0 Å². The molecule has 0 aliphatic heterocycles. The Balaban J connectivity index is 2.12. The van der Waals surface area contributed by atoms with Crippen molar-refractivity contribution in [2.45, 2.75) is 51.6 Å². The molecule has 2 aromatic carbocycles. The Morgan fingerprint density at radius 2 is 1.73 bits per heavy atom. The van der Waals surface area contributed by atoms with Crippen molar-refractivity contribution in [2.24, 2.45) is 0 Å². The molecule has 178 valence electrons. The summed E-state index contributed by atoms with van der Waals surface area (Å²) >= 11 is 14.0. The summed E-state index contributed by atoms with van der Waals surface area (Å²) in [5.74, 6) is 0.142. The van der Waals surface area contributed by atoms with Crippen molar-refractivity contribution in [1.29, 1.82) is 0 Å². The number of nitrogens with one attached hydrogen (secondary N) is 1. The molecule has 2 atom stereocenters. The minimum Gasteiger partial charge on any atom is -0.352 e. The van der Waals surface area contributed by atoms with Gasteiger partial charge in [-0.05, 0) is 38.0 Å². The first-order valence-electron chi connectivity index (χ1n) is 10.5. The Kier molecular flexibility index (Phi) is 10.5. The van der Waals surface area contributed by atoms with Crippen LogP contribution in [-0.2, 0) is 21.9 Å². The summed E-state index contributed by atoms with van der Waals surface area (Å²) in [6.07, 6.45) is 0.772. The molecule has 2 amide bonds. The molecule has 0 aromatic heterocycles. The summed E-state index contributed by atoms with van der Waals surface area (Å²) in [5, 5.41) is 14.6. The molecule has 0 aliphatic rings. The number of nitrogens with zero attached hydrogens (tertiary/aromatic N) is 2. The van der Waals surface area contributed by atoms with E-state index in [1.807, 2.05) is 13.8 Å². The van der Waals surface area contributed by atoms with Crippen LogP contribution < -0.4 is 5.32 Å². The summed E-state index contributed by atoms with van der Waals surface area (Å²) in [4.78, 5) is 37.7. The van der Waals surface area contributed by atoms with Gasteiger partial charge in [0.05, 0.1) is 10.7 Å². The molecule has 0 bridgehead atoms. The molecule has 33 heavy (non-hydrogen) atoms. The molecule has 0 aliphatic carbocycles. The minimum atomic E-state index is -0.723. The summed E-state index contributed by atoms with van der Waals surface area (Å²) in [5.41, 5.74) is 1.46. The molecule has 0 saturated carbocycles. The smallest absolute Gasteiger partial charge is 0.269 e. The van der Waals surface area contributed by atoms with E-state index in [2.05, 4.69) is 5.32 Å². The summed E-state index contributed by atoms with van der Waals surface area (Å²) < 4.78 is 0. The number of hydrogen-bond donors (Lipinski definition) is 1. The number of nitro groups is 1. The Labute approximate surface area is 208 Å². The fourth-order valence-electron chi connectivity index (χ4n) is 2.95. The number of carbonyl (C=O) groups is 2. The standard InChI is InChI=1S/C23H27Cl2N3O4S/c1-4-15(2)26-23(30)16(3)27(12-19-20(24)6-5-7-21(19)25)22(29)14-33-13-17-8-10-18(11-9-17)28(31)32/h5-11,15-16H,4,12-14H2,1-3H3,(H,26,30)/t15-,16+/m1/s1. The number of rotatable bonds is 11. The highest BCUT2D eigenvalue weighted by atomic mass is 35.5. The number of benzene rings is 2. The zero-order valence-electron chi connectivity index (χ0n) is 18.7. The third-order valence-corrected chi connectivity index (χ3v) is 6.90. The van der Waals surface area contributed by atoms with Crippen molar-refractivity contribution in [1.82, 2.24) is 10.2 Å². The molecule has 10 heteroatoms. The molecule has 0 heterocycles. The average Bonchev–Trinajstić information content (AvgIpc) is 2.78. The molecule has 2 aromatic rings. The third kappa shape index (κ3) is 7.91. The van der Waals surface area contributed by atoms with Crippen LogP contribution in [-0.4, -0.2) is 39.5 Å². The van der Waals surface area contributed by atoms with Gasteiger partial charge in [0.2, 0.25) is 11.8 Å². The lowest BCUT2D eigenvalue weighted by atomic mass is 10.1. The van der Waals surface area contributed by atoms with Crippen LogP contribution in [0.25, 0.3) is 0 Å². The minimum absolute atomic E-state index is 0.0164. The number of thioether (sulfide) groups is 1. The van der Waals surface area contributed by atoms with Crippen molar-refractivity contribution >= 4 is 52.5 Å². The largest absolute Gasteiger partial charge is 0.352 e. The highest BCUT2D eigenvalue weighted by molar-refractivity contribution is 7.99. The Morgan fingerprint density at radius 1 is 1.12 bits per heavy atom. The lowest BCUT2D eigenvalue weighted by Crippen LogP contribution is -2.50. The fraction of sp³-hybridized carbons (Fsp3) is 0.391. The maximum absolute atomic E-state index is 13.2. The lowest BCUT2D eigenvalue weighted by molar-refractivity contribution is -0.384. The van der Waals surface area contributed by atoms with E-state index in [-0.39, 0.29) is 35.8 Å². The molecule has 0 saturated heterocycles. The summed E-state index contributed by atoms with van der Waals surface area (Å²) in [6.45, 7) is 5.66. The normalized spacial score (nSPS) is 12.6.